The number of nitrogens with zero attached hydrogens (tertiary/aromatic N) is 1. The number of hydrogen-bond donors (Lipinski definition) is 2. The van der Waals surface area contributed by atoms with Gasteiger partial charge in [0, 0.05) is 12.5 Å². The van der Waals surface area contributed by atoms with Crippen molar-refractivity contribution in [2.45, 2.75) is 18.9 Å². The van der Waals surface area contributed by atoms with Crippen LogP contribution in [0.3, 0.4) is 0 Å². The van der Waals surface area contributed by atoms with Gasteiger partial charge in [-0.1, -0.05) is 0 Å². The largest absolute Gasteiger partial charge is 0.480 e. The number of carboxylic acid groups (broad SMARTS) is 1. The third kappa shape index (κ3) is 3.51. The van der Waals surface area contributed by atoms with E-state index >= 15 is 0 Å². The standard InChI is InChI=1S/C13H15FN2O4/c14-9-3-4-10(15-6-9)12(17)16-11(13(18)19)8-2-1-5-20-7-8/h3-4,6,8,11H,1-2,5,7H2,(H,16,17)(H,18,19). The highest BCUT2D eigenvalue weighted by Gasteiger charge is 2.31. The minimum absolute atomic E-state index is 0.0191. The molecule has 0 bridgehead atoms. The van der Waals surface area contributed by atoms with Gasteiger partial charge in [-0.25, -0.2) is 14.2 Å². The summed E-state index contributed by atoms with van der Waals surface area (Å²) in [5.41, 5.74) is -0.0191. The lowest BCUT2D eigenvalue weighted by Crippen LogP contribution is -2.48. The van der Waals surface area contributed by atoms with E-state index in [2.05, 4.69) is 10.3 Å². The number of rotatable bonds is 4. The highest BCUT2D eigenvalue weighted by atomic mass is 19.1. The molecule has 1 amide bonds. The predicted molar refractivity (Wildman–Crippen MR) is 66.6 cm³/mol. The van der Waals surface area contributed by atoms with E-state index in [9.17, 15) is 19.1 Å². The number of amides is 1. The lowest BCUT2D eigenvalue weighted by molar-refractivity contribution is -0.142. The summed E-state index contributed by atoms with van der Waals surface area (Å²) in [6.07, 6.45) is 2.35. The van der Waals surface area contributed by atoms with Crippen molar-refractivity contribution in [1.29, 1.82) is 0 Å². The summed E-state index contributed by atoms with van der Waals surface area (Å²) < 4.78 is 18.0. The Balaban J connectivity index is 2.05. The number of aliphatic carboxylic acids is 1. The molecule has 1 aromatic rings. The number of aromatic nitrogens is 1. The SMILES string of the molecule is O=C(NC(C(=O)O)C1CCCOC1)c1ccc(F)cn1. The molecule has 0 spiro atoms. The Morgan fingerprint density at radius 1 is 1.50 bits per heavy atom. The Morgan fingerprint density at radius 3 is 2.85 bits per heavy atom. The van der Waals surface area contributed by atoms with Gasteiger partial charge in [0.05, 0.1) is 12.8 Å². The molecule has 2 heterocycles. The van der Waals surface area contributed by atoms with Gasteiger partial charge >= 0.3 is 5.97 Å². The molecule has 7 heteroatoms. The van der Waals surface area contributed by atoms with Crippen LogP contribution < -0.4 is 5.32 Å². The molecule has 2 unspecified atom stereocenters. The lowest BCUT2D eigenvalue weighted by atomic mass is 9.93. The van der Waals surface area contributed by atoms with Crippen LogP contribution in [0.5, 0.6) is 0 Å². The van der Waals surface area contributed by atoms with Crippen LogP contribution in [0.15, 0.2) is 18.3 Å². The summed E-state index contributed by atoms with van der Waals surface area (Å²) in [5.74, 6) is -2.58. The number of carboxylic acids is 1. The summed E-state index contributed by atoms with van der Waals surface area (Å²) in [6, 6.07) is 1.28. The van der Waals surface area contributed by atoms with Gasteiger partial charge < -0.3 is 15.2 Å². The number of pyridine rings is 1. The second-order valence-corrected chi connectivity index (χ2v) is 4.63. The molecule has 1 aliphatic rings. The molecule has 1 fully saturated rings. The first-order valence-electron chi connectivity index (χ1n) is 6.31. The summed E-state index contributed by atoms with van der Waals surface area (Å²) in [6.45, 7) is 0.907. The first kappa shape index (κ1) is 14.4. The Morgan fingerprint density at radius 2 is 2.30 bits per heavy atom. The van der Waals surface area contributed by atoms with Crippen LogP contribution in [0.4, 0.5) is 4.39 Å². The van der Waals surface area contributed by atoms with Crippen LogP contribution in [-0.2, 0) is 9.53 Å². The zero-order valence-electron chi connectivity index (χ0n) is 10.7. The molecule has 1 aliphatic heterocycles. The molecule has 0 aromatic carbocycles. The summed E-state index contributed by atoms with van der Waals surface area (Å²) in [5, 5.41) is 11.6. The first-order valence-corrected chi connectivity index (χ1v) is 6.31. The maximum atomic E-state index is 12.7. The number of hydrogen-bond acceptors (Lipinski definition) is 4. The monoisotopic (exact) mass is 282 g/mol. The van der Waals surface area contributed by atoms with Gasteiger partial charge in [0.1, 0.15) is 17.6 Å². The van der Waals surface area contributed by atoms with E-state index in [1.165, 1.54) is 6.07 Å². The van der Waals surface area contributed by atoms with Crippen molar-refractivity contribution in [3.63, 3.8) is 0 Å². The number of carbonyl (C=O) groups excluding carboxylic acids is 1. The molecule has 20 heavy (non-hydrogen) atoms. The van der Waals surface area contributed by atoms with E-state index in [0.717, 1.165) is 18.7 Å². The second-order valence-electron chi connectivity index (χ2n) is 4.63. The molecule has 6 nitrogen and oxygen atoms in total. The molecule has 2 atom stereocenters. The van der Waals surface area contributed by atoms with Crippen molar-refractivity contribution in [2.24, 2.45) is 5.92 Å². The quantitative estimate of drug-likeness (QED) is 0.854. The van der Waals surface area contributed by atoms with Gasteiger partial charge in [0.25, 0.3) is 5.91 Å². The molecule has 0 aliphatic carbocycles. The van der Waals surface area contributed by atoms with Gasteiger partial charge in [-0.15, -0.1) is 0 Å². The van der Waals surface area contributed by atoms with E-state index < -0.39 is 23.7 Å². The van der Waals surface area contributed by atoms with Crippen molar-refractivity contribution in [2.75, 3.05) is 13.2 Å². The fraction of sp³-hybridized carbons (Fsp3) is 0.462. The molecule has 2 rings (SSSR count). The smallest absolute Gasteiger partial charge is 0.326 e. The van der Waals surface area contributed by atoms with Crippen LogP contribution in [0.1, 0.15) is 23.3 Å². The van der Waals surface area contributed by atoms with E-state index in [1.54, 1.807) is 0 Å². The number of halogens is 1. The zero-order chi connectivity index (χ0) is 14.5. The molecule has 0 saturated carbocycles. The molecule has 108 valence electrons. The normalized spacial score (nSPS) is 20.1. The molecule has 1 saturated heterocycles. The Bertz CT molecular complexity index is 486. The van der Waals surface area contributed by atoms with E-state index in [4.69, 9.17) is 4.74 Å². The highest BCUT2D eigenvalue weighted by molar-refractivity contribution is 5.94. The van der Waals surface area contributed by atoms with Crippen molar-refractivity contribution < 1.29 is 23.8 Å². The Kier molecular flexibility index (Phi) is 4.62. The highest BCUT2D eigenvalue weighted by Crippen LogP contribution is 2.18. The number of carbonyl (C=O) groups is 2. The summed E-state index contributed by atoms with van der Waals surface area (Å²) in [4.78, 5) is 26.8. The van der Waals surface area contributed by atoms with Crippen molar-refractivity contribution in [3.8, 4) is 0 Å². The fourth-order valence-corrected chi connectivity index (χ4v) is 2.14. The van der Waals surface area contributed by atoms with Crippen LogP contribution in [0, 0.1) is 11.7 Å². The van der Waals surface area contributed by atoms with Crippen LogP contribution in [0.2, 0.25) is 0 Å². The topological polar surface area (TPSA) is 88.5 Å². The minimum Gasteiger partial charge on any atom is -0.480 e. The van der Waals surface area contributed by atoms with Gasteiger partial charge in [-0.05, 0) is 25.0 Å². The van der Waals surface area contributed by atoms with Gasteiger partial charge in [-0.2, -0.15) is 0 Å². The van der Waals surface area contributed by atoms with Crippen molar-refractivity contribution in [3.05, 3.63) is 29.8 Å². The Labute approximate surface area is 115 Å². The Hall–Kier alpha value is -2.02. The number of nitrogens with one attached hydrogen (secondary N) is 1. The van der Waals surface area contributed by atoms with Gasteiger partial charge in [-0.3, -0.25) is 4.79 Å². The molecule has 0 radical (unpaired) electrons. The van der Waals surface area contributed by atoms with Gasteiger partial charge in [0.2, 0.25) is 0 Å². The van der Waals surface area contributed by atoms with Crippen molar-refractivity contribution >= 4 is 11.9 Å². The maximum absolute atomic E-state index is 12.7. The van der Waals surface area contributed by atoms with E-state index in [0.29, 0.717) is 19.6 Å². The first-order chi connectivity index (χ1) is 9.58. The third-order valence-electron chi connectivity index (χ3n) is 3.18. The number of ether oxygens (including phenoxy) is 1. The molecule has 2 N–H and O–H groups in total. The van der Waals surface area contributed by atoms with E-state index in [-0.39, 0.29) is 11.6 Å². The zero-order valence-corrected chi connectivity index (χ0v) is 10.7. The third-order valence-corrected chi connectivity index (χ3v) is 3.18. The van der Waals surface area contributed by atoms with E-state index in [1.807, 2.05) is 0 Å². The summed E-state index contributed by atoms with van der Waals surface area (Å²) >= 11 is 0. The van der Waals surface area contributed by atoms with Crippen LogP contribution in [-0.4, -0.2) is 41.2 Å². The van der Waals surface area contributed by atoms with Crippen molar-refractivity contribution in [1.82, 2.24) is 10.3 Å². The molecular weight excluding hydrogens is 267 g/mol. The predicted octanol–water partition coefficient (Wildman–Crippen LogP) is 0.830. The minimum atomic E-state index is -1.11. The average Bonchev–Trinajstić information content (AvgIpc) is 2.46. The lowest BCUT2D eigenvalue weighted by Gasteiger charge is -2.27. The van der Waals surface area contributed by atoms with Gasteiger partial charge in [0.15, 0.2) is 0 Å². The fourth-order valence-electron chi connectivity index (χ4n) is 2.14. The second kappa shape index (κ2) is 6.42. The average molecular weight is 282 g/mol. The maximum Gasteiger partial charge on any atom is 0.326 e. The molecular formula is C13H15FN2O4. The summed E-state index contributed by atoms with van der Waals surface area (Å²) in [7, 11) is 0. The van der Waals surface area contributed by atoms with Crippen LogP contribution in [0.25, 0.3) is 0 Å². The molecule has 1 aromatic heterocycles. The van der Waals surface area contributed by atoms with Crippen LogP contribution >= 0.6 is 0 Å².